The smallest absolute Gasteiger partial charge is 0.341 e. The molecule has 0 aliphatic rings. The number of nitriles is 1. The molecule has 0 unspecified atom stereocenters. The predicted octanol–water partition coefficient (Wildman–Crippen LogP) is 4.31. The summed E-state index contributed by atoms with van der Waals surface area (Å²) < 4.78 is 5.02. The Morgan fingerprint density at radius 1 is 1.22 bits per heavy atom. The summed E-state index contributed by atoms with van der Waals surface area (Å²) in [6, 6.07) is 11.3. The normalized spacial score (nSPS) is 10.8. The molecule has 2 N–H and O–H groups in total. The molecule has 0 spiro atoms. The third-order valence-electron chi connectivity index (χ3n) is 3.41. The van der Waals surface area contributed by atoms with Crippen LogP contribution in [0.2, 0.25) is 10.0 Å². The lowest BCUT2D eigenvalue weighted by Crippen LogP contribution is -2.13. The lowest BCUT2D eigenvalue weighted by Gasteiger charge is -2.07. The first-order valence-corrected chi connectivity index (χ1v) is 8.39. The van der Waals surface area contributed by atoms with Crippen LogP contribution in [0.5, 0.6) is 5.75 Å². The maximum atomic E-state index is 12.3. The number of aryl methyl sites for hydroxylation is 1. The first-order chi connectivity index (χ1) is 12.8. The molecule has 0 bridgehead atoms. The van der Waals surface area contributed by atoms with E-state index in [1.807, 2.05) is 13.0 Å². The van der Waals surface area contributed by atoms with E-state index in [9.17, 15) is 14.9 Å². The number of carboxylic acids is 1. The van der Waals surface area contributed by atoms with Crippen molar-refractivity contribution in [1.29, 1.82) is 5.26 Å². The van der Waals surface area contributed by atoms with Gasteiger partial charge in [-0.3, -0.25) is 4.79 Å². The van der Waals surface area contributed by atoms with Crippen LogP contribution < -0.4 is 10.1 Å². The highest BCUT2D eigenvalue weighted by molar-refractivity contribution is 6.32. The van der Waals surface area contributed by atoms with Crippen LogP contribution >= 0.6 is 23.2 Å². The van der Waals surface area contributed by atoms with Gasteiger partial charge in [0.1, 0.15) is 17.4 Å². The minimum absolute atomic E-state index is 0.137. The summed E-state index contributed by atoms with van der Waals surface area (Å²) in [5.41, 5.74) is 1.68. The van der Waals surface area contributed by atoms with Gasteiger partial charge in [0, 0.05) is 10.7 Å². The highest BCUT2D eigenvalue weighted by atomic mass is 35.5. The standard InChI is InChI=1S/C19H14Cl2N2O4/c1-11-2-4-14(8-15(11)20)23-19(26)13(9-22)6-12-3-5-17(16(21)7-12)27-10-18(24)25/h2-8H,10H2,1H3,(H,23,26)(H,24,25)/b13-6+. The highest BCUT2D eigenvalue weighted by Crippen LogP contribution is 2.26. The van der Waals surface area contributed by atoms with Crippen molar-refractivity contribution in [3.05, 3.63) is 63.1 Å². The number of carboxylic acid groups (broad SMARTS) is 1. The van der Waals surface area contributed by atoms with Crippen LogP contribution in [0.25, 0.3) is 6.08 Å². The number of carbonyl (C=O) groups excluding carboxylic acids is 1. The van der Waals surface area contributed by atoms with Gasteiger partial charge in [-0.1, -0.05) is 35.3 Å². The number of nitrogens with one attached hydrogen (secondary N) is 1. The van der Waals surface area contributed by atoms with Crippen LogP contribution in [0.3, 0.4) is 0 Å². The summed E-state index contributed by atoms with van der Waals surface area (Å²) in [4.78, 5) is 22.8. The second kappa shape index (κ2) is 9.08. The topological polar surface area (TPSA) is 99.4 Å². The summed E-state index contributed by atoms with van der Waals surface area (Å²) in [6.45, 7) is 1.31. The summed E-state index contributed by atoms with van der Waals surface area (Å²) in [5.74, 6) is -1.54. The molecule has 27 heavy (non-hydrogen) atoms. The lowest BCUT2D eigenvalue weighted by atomic mass is 10.1. The molecular formula is C19H14Cl2N2O4. The summed E-state index contributed by atoms with van der Waals surface area (Å²) in [7, 11) is 0. The molecule has 2 aromatic rings. The average Bonchev–Trinajstić information content (AvgIpc) is 2.61. The Bertz CT molecular complexity index is 965. The van der Waals surface area contributed by atoms with E-state index in [1.165, 1.54) is 18.2 Å². The Hall–Kier alpha value is -3.01. The Labute approximate surface area is 165 Å². The molecule has 2 rings (SSSR count). The molecule has 0 saturated carbocycles. The number of anilines is 1. The van der Waals surface area contributed by atoms with Crippen LogP contribution in [0.15, 0.2) is 42.0 Å². The van der Waals surface area contributed by atoms with Crippen molar-refractivity contribution >= 4 is 46.8 Å². The van der Waals surface area contributed by atoms with Gasteiger partial charge in [-0.25, -0.2) is 4.79 Å². The highest BCUT2D eigenvalue weighted by Gasteiger charge is 2.11. The molecule has 0 aliphatic carbocycles. The number of aliphatic carboxylic acids is 1. The van der Waals surface area contributed by atoms with Crippen molar-refractivity contribution in [3.63, 3.8) is 0 Å². The fourth-order valence-electron chi connectivity index (χ4n) is 2.05. The molecule has 6 nitrogen and oxygen atoms in total. The Balaban J connectivity index is 2.18. The summed E-state index contributed by atoms with van der Waals surface area (Å²) >= 11 is 12.1. The number of amides is 1. The lowest BCUT2D eigenvalue weighted by molar-refractivity contribution is -0.139. The SMILES string of the molecule is Cc1ccc(NC(=O)/C(C#N)=C/c2ccc(OCC(=O)O)c(Cl)c2)cc1Cl. The zero-order chi connectivity index (χ0) is 20.0. The van der Waals surface area contributed by atoms with E-state index >= 15 is 0 Å². The van der Waals surface area contributed by atoms with Gasteiger partial charge in [0.15, 0.2) is 6.61 Å². The molecular weight excluding hydrogens is 391 g/mol. The van der Waals surface area contributed by atoms with Crippen molar-refractivity contribution in [1.82, 2.24) is 0 Å². The zero-order valence-electron chi connectivity index (χ0n) is 14.1. The number of hydrogen-bond acceptors (Lipinski definition) is 4. The number of ether oxygens (including phenoxy) is 1. The second-order valence-corrected chi connectivity index (χ2v) is 6.27. The number of benzene rings is 2. The molecule has 0 aliphatic heterocycles. The van der Waals surface area contributed by atoms with Crippen LogP contribution in [0.4, 0.5) is 5.69 Å². The third kappa shape index (κ3) is 5.74. The van der Waals surface area contributed by atoms with Crippen molar-refractivity contribution in [2.24, 2.45) is 0 Å². The van der Waals surface area contributed by atoms with Crippen molar-refractivity contribution < 1.29 is 19.4 Å². The molecule has 0 fully saturated rings. The molecule has 0 heterocycles. The van der Waals surface area contributed by atoms with Crippen molar-refractivity contribution in [2.75, 3.05) is 11.9 Å². The van der Waals surface area contributed by atoms with E-state index in [0.717, 1.165) is 5.56 Å². The van der Waals surface area contributed by atoms with Gasteiger partial charge in [0.2, 0.25) is 0 Å². The monoisotopic (exact) mass is 404 g/mol. The van der Waals surface area contributed by atoms with Gasteiger partial charge >= 0.3 is 5.97 Å². The van der Waals surface area contributed by atoms with Gasteiger partial charge in [0.05, 0.1) is 5.02 Å². The van der Waals surface area contributed by atoms with E-state index in [0.29, 0.717) is 16.3 Å². The Morgan fingerprint density at radius 3 is 2.56 bits per heavy atom. The van der Waals surface area contributed by atoms with E-state index in [2.05, 4.69) is 5.32 Å². The van der Waals surface area contributed by atoms with Crippen LogP contribution in [-0.2, 0) is 9.59 Å². The number of rotatable bonds is 6. The first kappa shape index (κ1) is 20.3. The quantitative estimate of drug-likeness (QED) is 0.551. The molecule has 138 valence electrons. The third-order valence-corrected chi connectivity index (χ3v) is 4.12. The minimum Gasteiger partial charge on any atom is -0.480 e. The molecule has 0 saturated heterocycles. The van der Waals surface area contributed by atoms with Crippen molar-refractivity contribution in [2.45, 2.75) is 6.92 Å². The predicted molar refractivity (Wildman–Crippen MR) is 103 cm³/mol. The van der Waals surface area contributed by atoms with Crippen LogP contribution in [0, 0.1) is 18.3 Å². The van der Waals surface area contributed by atoms with Crippen LogP contribution in [0.1, 0.15) is 11.1 Å². The van der Waals surface area contributed by atoms with E-state index in [-0.39, 0.29) is 16.3 Å². The molecule has 1 amide bonds. The Morgan fingerprint density at radius 2 is 1.96 bits per heavy atom. The minimum atomic E-state index is -1.13. The number of halogens is 2. The van der Waals surface area contributed by atoms with Gasteiger partial charge in [-0.2, -0.15) is 5.26 Å². The number of hydrogen-bond donors (Lipinski definition) is 2. The average molecular weight is 405 g/mol. The van der Waals surface area contributed by atoms with Gasteiger partial charge < -0.3 is 15.2 Å². The molecule has 0 radical (unpaired) electrons. The zero-order valence-corrected chi connectivity index (χ0v) is 15.6. The molecule has 8 heteroatoms. The first-order valence-electron chi connectivity index (χ1n) is 7.63. The maximum Gasteiger partial charge on any atom is 0.341 e. The number of nitrogens with zero attached hydrogens (tertiary/aromatic N) is 1. The largest absolute Gasteiger partial charge is 0.480 e. The van der Waals surface area contributed by atoms with Gasteiger partial charge in [-0.15, -0.1) is 0 Å². The maximum absolute atomic E-state index is 12.3. The Kier molecular flexibility index (Phi) is 6.83. The number of carbonyl (C=O) groups is 2. The van der Waals surface area contributed by atoms with Crippen molar-refractivity contribution in [3.8, 4) is 11.8 Å². The molecule has 0 aromatic heterocycles. The fourth-order valence-corrected chi connectivity index (χ4v) is 2.47. The second-order valence-electron chi connectivity index (χ2n) is 5.46. The fraction of sp³-hybridized carbons (Fsp3) is 0.105. The van der Waals surface area contributed by atoms with E-state index in [1.54, 1.807) is 24.3 Å². The van der Waals surface area contributed by atoms with Gasteiger partial charge in [-0.05, 0) is 48.4 Å². The molecule has 2 aromatic carbocycles. The summed E-state index contributed by atoms with van der Waals surface area (Å²) in [6.07, 6.45) is 1.36. The van der Waals surface area contributed by atoms with E-state index in [4.69, 9.17) is 33.0 Å². The van der Waals surface area contributed by atoms with Crippen LogP contribution in [-0.4, -0.2) is 23.6 Å². The van der Waals surface area contributed by atoms with E-state index < -0.39 is 18.5 Å². The van der Waals surface area contributed by atoms with Gasteiger partial charge in [0.25, 0.3) is 5.91 Å². The molecule has 0 atom stereocenters. The summed E-state index contributed by atoms with van der Waals surface area (Å²) in [5, 5.41) is 21.2.